The number of nitrogens with zero attached hydrogens (tertiary/aromatic N) is 5. The number of hydrogen-bond donors (Lipinski definition) is 1. The van der Waals surface area contributed by atoms with Gasteiger partial charge in [0.1, 0.15) is 5.82 Å². The maximum Gasteiger partial charge on any atom is 0.317 e. The molecule has 11 heteroatoms. The maximum atomic E-state index is 13.6. The van der Waals surface area contributed by atoms with Gasteiger partial charge in [-0.05, 0) is 61.1 Å². The lowest BCUT2D eigenvalue weighted by molar-refractivity contribution is 0.0611. The predicted molar refractivity (Wildman–Crippen MR) is 162 cm³/mol. The molecule has 2 saturated heterocycles. The van der Waals surface area contributed by atoms with Crippen LogP contribution in [0.5, 0.6) is 0 Å². The van der Waals surface area contributed by atoms with Crippen LogP contribution in [0, 0.1) is 23.7 Å². The molecule has 5 rings (SSSR count). The third-order valence-corrected chi connectivity index (χ3v) is 11.1. The second-order valence-electron chi connectivity index (χ2n) is 13.4. The molecule has 3 atom stereocenters. The van der Waals surface area contributed by atoms with Crippen LogP contribution in [-0.2, 0) is 26.9 Å². The molecule has 2 amide bonds. The summed E-state index contributed by atoms with van der Waals surface area (Å²) in [5, 5.41) is 3.05. The van der Waals surface area contributed by atoms with Gasteiger partial charge in [0.15, 0.2) is 0 Å². The molecule has 3 aliphatic rings. The van der Waals surface area contributed by atoms with E-state index >= 15 is 0 Å². The minimum absolute atomic E-state index is 0.105. The zero-order chi connectivity index (χ0) is 29.5. The van der Waals surface area contributed by atoms with Crippen LogP contribution in [0.25, 0.3) is 11.0 Å². The Kier molecular flexibility index (Phi) is 8.61. The van der Waals surface area contributed by atoms with Crippen molar-refractivity contribution in [3.63, 3.8) is 0 Å². The predicted octanol–water partition coefficient (Wildman–Crippen LogP) is 4.06. The van der Waals surface area contributed by atoms with E-state index in [1.807, 2.05) is 18.2 Å². The highest BCUT2D eigenvalue weighted by molar-refractivity contribution is 7.90. The van der Waals surface area contributed by atoms with Crippen LogP contribution in [0.2, 0.25) is 0 Å². The van der Waals surface area contributed by atoms with Gasteiger partial charge in [0.2, 0.25) is 0 Å². The highest BCUT2D eigenvalue weighted by Crippen LogP contribution is 2.43. The summed E-state index contributed by atoms with van der Waals surface area (Å²) in [6, 6.07) is 5.66. The first-order valence-corrected chi connectivity index (χ1v) is 16.6. The molecular weight excluding hydrogens is 540 g/mol. The van der Waals surface area contributed by atoms with E-state index < -0.39 is 10.2 Å². The molecule has 1 N–H and O–H groups in total. The third kappa shape index (κ3) is 6.51. The van der Waals surface area contributed by atoms with Gasteiger partial charge in [0, 0.05) is 64.9 Å². The van der Waals surface area contributed by atoms with Crippen molar-refractivity contribution in [1.29, 1.82) is 0 Å². The third-order valence-electron chi connectivity index (χ3n) is 9.22. The fourth-order valence-electron chi connectivity index (χ4n) is 6.34. The number of ether oxygens (including phenoxy) is 1. The summed E-state index contributed by atoms with van der Waals surface area (Å²) in [4.78, 5) is 19.4. The van der Waals surface area contributed by atoms with E-state index in [4.69, 9.17) is 9.72 Å². The van der Waals surface area contributed by atoms with E-state index in [1.54, 1.807) is 11.9 Å². The number of rotatable bonds is 8. The standard InChI is InChI=1S/C30H48N6O4S/c1-21-17-25(21)22(2)19-31-29(37)34-11-13-35(14-12-34)41(38,39)33(6)24-7-8-27-26(18-24)32-28(30(3,4)5)36(27)20-23-9-15-40-16-10-23/h7-8,18,21-23,25H,9-17,19-20H2,1-6H3,(H,31,37)/t21?,22?,25-/m0/s1. The fourth-order valence-corrected chi connectivity index (χ4v) is 7.69. The number of anilines is 1. The number of benzene rings is 1. The molecule has 2 aromatic rings. The SMILES string of the molecule is CC(CNC(=O)N1CCN(S(=O)(=O)N(C)c2ccc3c(c2)nc(C(C)(C)C)n3CC2CCOCC2)CC1)[C@H]1CC1C. The second kappa shape index (κ2) is 11.7. The highest BCUT2D eigenvalue weighted by atomic mass is 32.2. The summed E-state index contributed by atoms with van der Waals surface area (Å²) in [6.07, 6.45) is 3.32. The minimum Gasteiger partial charge on any atom is -0.381 e. The monoisotopic (exact) mass is 588 g/mol. The molecule has 0 bridgehead atoms. The van der Waals surface area contributed by atoms with Crippen molar-refractivity contribution in [3.8, 4) is 0 Å². The van der Waals surface area contributed by atoms with E-state index in [0.29, 0.717) is 43.1 Å². The maximum absolute atomic E-state index is 13.6. The number of hydrogen-bond acceptors (Lipinski definition) is 5. The van der Waals surface area contributed by atoms with Crippen molar-refractivity contribution in [1.82, 2.24) is 24.1 Å². The van der Waals surface area contributed by atoms with Gasteiger partial charge in [-0.1, -0.05) is 34.6 Å². The summed E-state index contributed by atoms with van der Waals surface area (Å²) in [5.41, 5.74) is 2.26. The molecule has 1 aliphatic carbocycles. The molecule has 1 saturated carbocycles. The summed E-state index contributed by atoms with van der Waals surface area (Å²) in [6.45, 7) is 15.4. The Morgan fingerprint density at radius 2 is 1.83 bits per heavy atom. The molecule has 0 spiro atoms. The Balaban J connectivity index is 1.25. The fraction of sp³-hybridized carbons (Fsp3) is 0.733. The Bertz CT molecular complexity index is 1340. The lowest BCUT2D eigenvalue weighted by Crippen LogP contribution is -2.55. The van der Waals surface area contributed by atoms with Gasteiger partial charge < -0.3 is 19.5 Å². The zero-order valence-electron chi connectivity index (χ0n) is 25.6. The molecule has 3 heterocycles. The first kappa shape index (κ1) is 30.1. The van der Waals surface area contributed by atoms with Crippen LogP contribution in [-0.4, -0.2) is 86.2 Å². The van der Waals surface area contributed by atoms with Crippen LogP contribution in [0.4, 0.5) is 10.5 Å². The van der Waals surface area contributed by atoms with E-state index in [2.05, 4.69) is 44.5 Å². The topological polar surface area (TPSA) is 100 Å². The van der Waals surface area contributed by atoms with Gasteiger partial charge in [0.05, 0.1) is 16.7 Å². The van der Waals surface area contributed by atoms with Gasteiger partial charge in [-0.3, -0.25) is 4.31 Å². The molecule has 1 aromatic carbocycles. The van der Waals surface area contributed by atoms with Crippen molar-refractivity contribution in [2.24, 2.45) is 23.7 Å². The largest absolute Gasteiger partial charge is 0.381 e. The first-order valence-electron chi connectivity index (χ1n) is 15.2. The summed E-state index contributed by atoms with van der Waals surface area (Å²) < 4.78 is 37.9. The highest BCUT2D eigenvalue weighted by Gasteiger charge is 2.37. The Hall–Kier alpha value is -2.37. The number of imidazole rings is 1. The van der Waals surface area contributed by atoms with Crippen molar-refractivity contribution in [2.75, 3.05) is 57.3 Å². The Morgan fingerprint density at radius 3 is 2.44 bits per heavy atom. The molecule has 2 aliphatic heterocycles. The molecule has 0 radical (unpaired) electrons. The normalized spacial score (nSPS) is 23.5. The molecule has 41 heavy (non-hydrogen) atoms. The summed E-state index contributed by atoms with van der Waals surface area (Å²) >= 11 is 0. The molecule has 3 fully saturated rings. The number of urea groups is 1. The molecular formula is C30H48N6O4S. The number of aromatic nitrogens is 2. The van der Waals surface area contributed by atoms with Gasteiger partial charge >= 0.3 is 16.2 Å². The molecule has 1 aromatic heterocycles. The number of carbonyl (C=O) groups is 1. The van der Waals surface area contributed by atoms with Crippen LogP contribution in [0.15, 0.2) is 18.2 Å². The molecule has 10 nitrogen and oxygen atoms in total. The van der Waals surface area contributed by atoms with Crippen LogP contribution in [0.1, 0.15) is 59.7 Å². The second-order valence-corrected chi connectivity index (χ2v) is 15.4. The Labute approximate surface area is 245 Å². The average Bonchev–Trinajstić information content (AvgIpc) is 3.58. The zero-order valence-corrected chi connectivity index (χ0v) is 26.4. The number of amides is 2. The lowest BCUT2D eigenvalue weighted by Gasteiger charge is -2.36. The number of nitrogens with one attached hydrogen (secondary N) is 1. The number of carbonyl (C=O) groups excluding carboxylic acids is 1. The molecule has 2 unspecified atom stereocenters. The van der Waals surface area contributed by atoms with Crippen molar-refractivity contribution < 1.29 is 17.9 Å². The first-order chi connectivity index (χ1) is 19.4. The van der Waals surface area contributed by atoms with Crippen LogP contribution < -0.4 is 9.62 Å². The van der Waals surface area contributed by atoms with Gasteiger partial charge in [-0.2, -0.15) is 12.7 Å². The smallest absolute Gasteiger partial charge is 0.317 e. The van der Waals surface area contributed by atoms with E-state index in [9.17, 15) is 13.2 Å². The van der Waals surface area contributed by atoms with Gasteiger partial charge in [0.25, 0.3) is 0 Å². The summed E-state index contributed by atoms with van der Waals surface area (Å²) in [7, 11) is -2.17. The van der Waals surface area contributed by atoms with Crippen molar-refractivity contribution in [3.05, 3.63) is 24.0 Å². The van der Waals surface area contributed by atoms with Crippen molar-refractivity contribution in [2.45, 2.75) is 65.8 Å². The average molecular weight is 589 g/mol. The number of piperazine rings is 1. The van der Waals surface area contributed by atoms with E-state index in [0.717, 1.165) is 55.4 Å². The van der Waals surface area contributed by atoms with E-state index in [-0.39, 0.29) is 24.5 Å². The Morgan fingerprint density at radius 1 is 1.17 bits per heavy atom. The minimum atomic E-state index is -3.76. The van der Waals surface area contributed by atoms with E-state index in [1.165, 1.54) is 15.0 Å². The lowest BCUT2D eigenvalue weighted by atomic mass is 9.94. The summed E-state index contributed by atoms with van der Waals surface area (Å²) in [5.74, 6) is 3.47. The van der Waals surface area contributed by atoms with Crippen LogP contribution in [0.3, 0.4) is 0 Å². The van der Waals surface area contributed by atoms with Gasteiger partial charge in [-0.25, -0.2) is 9.78 Å². The number of fused-ring (bicyclic) bond motifs is 1. The molecule has 228 valence electrons. The van der Waals surface area contributed by atoms with Gasteiger partial charge in [-0.15, -0.1) is 0 Å². The quantitative estimate of drug-likeness (QED) is 0.502. The van der Waals surface area contributed by atoms with Crippen molar-refractivity contribution >= 4 is 33.0 Å². The van der Waals surface area contributed by atoms with Crippen LogP contribution >= 0.6 is 0 Å².